The van der Waals surface area contributed by atoms with Crippen LogP contribution in [0, 0.1) is 0 Å². The molecule has 1 fully saturated rings. The number of thioether (sulfide) groups is 1. The highest BCUT2D eigenvalue weighted by molar-refractivity contribution is 7.99. The van der Waals surface area contributed by atoms with Gasteiger partial charge in [-0.2, -0.15) is 0 Å². The molecule has 26 heavy (non-hydrogen) atoms. The van der Waals surface area contributed by atoms with Crippen LogP contribution in [-0.2, 0) is 9.53 Å². The molecule has 9 heteroatoms. The minimum absolute atomic E-state index is 0.0867. The highest BCUT2D eigenvalue weighted by Crippen LogP contribution is 2.32. The van der Waals surface area contributed by atoms with E-state index < -0.39 is 0 Å². The SMILES string of the molecule is COc1ccc(-c2nnc(SCC(=O)NC[C@@H]3CCCO3)o2)cc1OC. The monoisotopic (exact) mass is 379 g/mol. The maximum absolute atomic E-state index is 11.9. The molecular weight excluding hydrogens is 358 g/mol. The van der Waals surface area contributed by atoms with E-state index in [-0.39, 0.29) is 17.8 Å². The zero-order chi connectivity index (χ0) is 18.4. The van der Waals surface area contributed by atoms with Gasteiger partial charge in [-0.3, -0.25) is 4.79 Å². The molecule has 2 heterocycles. The number of benzene rings is 1. The Morgan fingerprint density at radius 1 is 1.31 bits per heavy atom. The molecule has 140 valence electrons. The van der Waals surface area contributed by atoms with Crippen molar-refractivity contribution < 1.29 is 23.4 Å². The summed E-state index contributed by atoms with van der Waals surface area (Å²) in [7, 11) is 3.13. The lowest BCUT2D eigenvalue weighted by molar-refractivity contribution is -0.119. The third-order valence-electron chi connectivity index (χ3n) is 3.91. The summed E-state index contributed by atoms with van der Waals surface area (Å²) in [4.78, 5) is 11.9. The summed E-state index contributed by atoms with van der Waals surface area (Å²) in [6.07, 6.45) is 2.17. The normalized spacial score (nSPS) is 16.5. The molecule has 1 atom stereocenters. The van der Waals surface area contributed by atoms with E-state index in [1.165, 1.54) is 11.8 Å². The maximum Gasteiger partial charge on any atom is 0.277 e. The standard InChI is InChI=1S/C17H21N3O5S/c1-22-13-6-5-11(8-14(13)23-2)16-19-20-17(25-16)26-10-15(21)18-9-12-4-3-7-24-12/h5-6,8,12H,3-4,7,9-10H2,1-2H3,(H,18,21)/t12-/m0/s1. The number of amides is 1. The van der Waals surface area contributed by atoms with Gasteiger partial charge in [0.1, 0.15) is 0 Å². The second kappa shape index (κ2) is 8.91. The van der Waals surface area contributed by atoms with Crippen LogP contribution >= 0.6 is 11.8 Å². The molecule has 1 amide bonds. The van der Waals surface area contributed by atoms with Crippen LogP contribution in [0.1, 0.15) is 12.8 Å². The van der Waals surface area contributed by atoms with E-state index in [0.29, 0.717) is 34.7 Å². The van der Waals surface area contributed by atoms with Crippen molar-refractivity contribution in [2.24, 2.45) is 0 Å². The summed E-state index contributed by atoms with van der Waals surface area (Å²) in [6, 6.07) is 5.33. The predicted molar refractivity (Wildman–Crippen MR) is 95.5 cm³/mol. The zero-order valence-corrected chi connectivity index (χ0v) is 15.5. The van der Waals surface area contributed by atoms with Crippen LogP contribution in [0.2, 0.25) is 0 Å². The molecule has 1 aromatic carbocycles. The topological polar surface area (TPSA) is 95.7 Å². The van der Waals surface area contributed by atoms with Crippen LogP contribution in [0.15, 0.2) is 27.8 Å². The van der Waals surface area contributed by atoms with Crippen molar-refractivity contribution in [3.05, 3.63) is 18.2 Å². The number of hydrogen-bond acceptors (Lipinski definition) is 8. The Bertz CT molecular complexity index is 746. The zero-order valence-electron chi connectivity index (χ0n) is 14.7. The van der Waals surface area contributed by atoms with Gasteiger partial charge in [-0.15, -0.1) is 10.2 Å². The van der Waals surface area contributed by atoms with Crippen LogP contribution in [-0.4, -0.2) is 55.3 Å². The molecule has 1 aliphatic rings. The van der Waals surface area contributed by atoms with Crippen molar-refractivity contribution >= 4 is 17.7 Å². The Morgan fingerprint density at radius 3 is 2.88 bits per heavy atom. The van der Waals surface area contributed by atoms with Crippen molar-refractivity contribution in [2.75, 3.05) is 33.1 Å². The number of aromatic nitrogens is 2. The molecule has 0 spiro atoms. The van der Waals surface area contributed by atoms with Gasteiger partial charge in [0.05, 0.1) is 26.1 Å². The molecule has 0 radical (unpaired) electrons. The number of ether oxygens (including phenoxy) is 3. The fraction of sp³-hybridized carbons (Fsp3) is 0.471. The predicted octanol–water partition coefficient (Wildman–Crippen LogP) is 2.14. The average molecular weight is 379 g/mol. The van der Waals surface area contributed by atoms with Gasteiger partial charge in [0.2, 0.25) is 11.8 Å². The van der Waals surface area contributed by atoms with Crippen molar-refractivity contribution in [1.29, 1.82) is 0 Å². The summed E-state index contributed by atoms with van der Waals surface area (Å²) in [5.74, 6) is 1.67. The van der Waals surface area contributed by atoms with Crippen LogP contribution in [0.4, 0.5) is 0 Å². The van der Waals surface area contributed by atoms with Crippen LogP contribution in [0.25, 0.3) is 11.5 Å². The molecule has 2 aromatic rings. The molecule has 1 aromatic heterocycles. The molecule has 1 aliphatic heterocycles. The summed E-state index contributed by atoms with van der Waals surface area (Å²) >= 11 is 1.20. The Morgan fingerprint density at radius 2 is 2.15 bits per heavy atom. The van der Waals surface area contributed by atoms with E-state index in [2.05, 4.69) is 15.5 Å². The highest BCUT2D eigenvalue weighted by atomic mass is 32.2. The lowest BCUT2D eigenvalue weighted by Crippen LogP contribution is -2.32. The summed E-state index contributed by atoms with van der Waals surface area (Å²) in [5.41, 5.74) is 0.713. The van der Waals surface area contributed by atoms with Gasteiger partial charge in [-0.25, -0.2) is 0 Å². The molecule has 0 aliphatic carbocycles. The van der Waals surface area contributed by atoms with E-state index in [9.17, 15) is 4.79 Å². The van der Waals surface area contributed by atoms with Gasteiger partial charge < -0.3 is 23.9 Å². The molecule has 1 saturated heterocycles. The first-order valence-corrected chi connectivity index (χ1v) is 9.25. The van der Waals surface area contributed by atoms with Gasteiger partial charge in [0.15, 0.2) is 11.5 Å². The van der Waals surface area contributed by atoms with Gasteiger partial charge in [-0.05, 0) is 31.0 Å². The Balaban J connectivity index is 1.53. The lowest BCUT2D eigenvalue weighted by Gasteiger charge is -2.09. The van der Waals surface area contributed by atoms with Crippen LogP contribution in [0.3, 0.4) is 0 Å². The van der Waals surface area contributed by atoms with Crippen molar-refractivity contribution in [2.45, 2.75) is 24.2 Å². The minimum atomic E-state index is -0.0867. The molecule has 0 unspecified atom stereocenters. The van der Waals surface area contributed by atoms with E-state index in [1.807, 2.05) is 0 Å². The molecule has 0 bridgehead atoms. The highest BCUT2D eigenvalue weighted by Gasteiger charge is 2.17. The van der Waals surface area contributed by atoms with E-state index in [0.717, 1.165) is 19.4 Å². The number of nitrogens with zero attached hydrogens (tertiary/aromatic N) is 2. The fourth-order valence-electron chi connectivity index (χ4n) is 2.57. The lowest BCUT2D eigenvalue weighted by atomic mass is 10.2. The van der Waals surface area contributed by atoms with Crippen LogP contribution in [0.5, 0.6) is 11.5 Å². The van der Waals surface area contributed by atoms with Crippen molar-refractivity contribution in [3.8, 4) is 23.0 Å². The summed E-state index contributed by atoms with van der Waals surface area (Å²) in [5, 5.41) is 11.2. The molecule has 3 rings (SSSR count). The molecular formula is C17H21N3O5S. The number of carbonyl (C=O) groups excluding carboxylic acids is 1. The summed E-state index contributed by atoms with van der Waals surface area (Å²) < 4.78 is 21.6. The first-order valence-electron chi connectivity index (χ1n) is 8.26. The second-order valence-corrected chi connectivity index (χ2v) is 6.60. The first kappa shape index (κ1) is 18.5. The number of carbonyl (C=O) groups is 1. The van der Waals surface area contributed by atoms with Gasteiger partial charge in [-0.1, -0.05) is 11.8 Å². The average Bonchev–Trinajstić information content (AvgIpc) is 3.36. The quantitative estimate of drug-likeness (QED) is 0.697. The largest absolute Gasteiger partial charge is 0.493 e. The van der Waals surface area contributed by atoms with Crippen molar-refractivity contribution in [1.82, 2.24) is 15.5 Å². The molecule has 0 saturated carbocycles. The Labute approximate surface area is 155 Å². The third-order valence-corrected chi connectivity index (χ3v) is 4.73. The second-order valence-electron chi connectivity index (χ2n) is 5.67. The number of rotatable bonds is 8. The number of hydrogen-bond donors (Lipinski definition) is 1. The summed E-state index contributed by atoms with van der Waals surface area (Å²) in [6.45, 7) is 1.32. The van der Waals surface area contributed by atoms with E-state index >= 15 is 0 Å². The number of nitrogens with one attached hydrogen (secondary N) is 1. The first-order chi connectivity index (χ1) is 12.7. The van der Waals surface area contributed by atoms with Gasteiger partial charge >= 0.3 is 0 Å². The maximum atomic E-state index is 11.9. The molecule has 1 N–H and O–H groups in total. The third kappa shape index (κ3) is 4.67. The fourth-order valence-corrected chi connectivity index (χ4v) is 3.16. The number of methoxy groups -OCH3 is 2. The van der Waals surface area contributed by atoms with E-state index in [4.69, 9.17) is 18.6 Å². The van der Waals surface area contributed by atoms with Crippen molar-refractivity contribution in [3.63, 3.8) is 0 Å². The minimum Gasteiger partial charge on any atom is -0.493 e. The smallest absolute Gasteiger partial charge is 0.277 e. The Hall–Kier alpha value is -2.26. The molecule has 8 nitrogen and oxygen atoms in total. The Kier molecular flexibility index (Phi) is 6.35. The van der Waals surface area contributed by atoms with Crippen LogP contribution < -0.4 is 14.8 Å². The van der Waals surface area contributed by atoms with Gasteiger partial charge in [0.25, 0.3) is 5.22 Å². The van der Waals surface area contributed by atoms with E-state index in [1.54, 1.807) is 32.4 Å². The van der Waals surface area contributed by atoms with Gasteiger partial charge in [0, 0.05) is 18.7 Å².